The van der Waals surface area contributed by atoms with E-state index in [2.05, 4.69) is 0 Å². The van der Waals surface area contributed by atoms with Crippen LogP contribution in [0.25, 0.3) is 0 Å². The van der Waals surface area contributed by atoms with Crippen LogP contribution in [-0.2, 0) is 18.9 Å². The van der Waals surface area contributed by atoms with Crippen LogP contribution in [0.4, 0.5) is 0 Å². The first kappa shape index (κ1) is 21.8. The molecule has 8 heteroatoms. The zero-order valence-electron chi connectivity index (χ0n) is 13.9. The first-order valence-corrected chi connectivity index (χ1v) is 7.72. The molecule has 0 radical (unpaired) electrons. The Balaban J connectivity index is 5.21. The van der Waals surface area contributed by atoms with E-state index in [1.54, 1.807) is 0 Å². The summed E-state index contributed by atoms with van der Waals surface area (Å²) >= 11 is 0. The third-order valence-corrected chi connectivity index (χ3v) is 2.85. The van der Waals surface area contributed by atoms with Gasteiger partial charge in [0.2, 0.25) is 0 Å². The highest BCUT2D eigenvalue weighted by Gasteiger charge is 2.43. The highest BCUT2D eigenvalue weighted by atomic mass is 16.9. The molecule has 1 atom stereocenters. The van der Waals surface area contributed by atoms with Gasteiger partial charge in [0.25, 0.3) is 0 Å². The maximum absolute atomic E-state index is 8.70. The maximum atomic E-state index is 8.70. The minimum absolute atomic E-state index is 0.0493. The summed E-state index contributed by atoms with van der Waals surface area (Å²) in [7, 11) is 0. The fourth-order valence-corrected chi connectivity index (χ4v) is 1.84. The summed E-state index contributed by atoms with van der Waals surface area (Å²) in [5.74, 6) is -1.62. The molecule has 0 bridgehead atoms. The summed E-state index contributed by atoms with van der Waals surface area (Å²) in [6.07, 6.45) is 0.360. The van der Waals surface area contributed by atoms with E-state index < -0.39 is 12.1 Å². The zero-order chi connectivity index (χ0) is 18.1. The van der Waals surface area contributed by atoms with E-state index in [1.807, 2.05) is 31.2 Å². The van der Waals surface area contributed by atoms with Crippen molar-refractivity contribution in [3.8, 4) is 24.3 Å². The molecule has 0 rings (SSSR count). The van der Waals surface area contributed by atoms with Crippen molar-refractivity contribution >= 4 is 0 Å². The van der Waals surface area contributed by atoms with Gasteiger partial charge in [-0.1, -0.05) is 6.92 Å². The molecule has 0 aromatic heterocycles. The quantitative estimate of drug-likeness (QED) is 0.348. The van der Waals surface area contributed by atoms with Gasteiger partial charge in [0, 0.05) is 0 Å². The Bertz CT molecular complexity index is 448. The molecule has 130 valence electrons. The Morgan fingerprint density at radius 3 is 1.42 bits per heavy atom. The molecule has 0 aliphatic carbocycles. The third-order valence-electron chi connectivity index (χ3n) is 2.85. The molecule has 0 fully saturated rings. The number of hydrogen-bond donors (Lipinski definition) is 0. The van der Waals surface area contributed by atoms with Gasteiger partial charge in [-0.3, -0.25) is 0 Å². The van der Waals surface area contributed by atoms with Crippen LogP contribution in [0.15, 0.2) is 0 Å². The highest BCUT2D eigenvalue weighted by molar-refractivity contribution is 4.78. The van der Waals surface area contributed by atoms with Crippen LogP contribution in [0.2, 0.25) is 0 Å². The van der Waals surface area contributed by atoms with Crippen molar-refractivity contribution < 1.29 is 18.9 Å². The monoisotopic (exact) mass is 334 g/mol. The third kappa shape index (κ3) is 8.44. The Morgan fingerprint density at radius 1 is 0.708 bits per heavy atom. The van der Waals surface area contributed by atoms with Gasteiger partial charge in [0.05, 0.1) is 76.4 Å². The molecule has 24 heavy (non-hydrogen) atoms. The van der Waals surface area contributed by atoms with Gasteiger partial charge in [-0.05, 0) is 6.42 Å². The van der Waals surface area contributed by atoms with Crippen LogP contribution in [0, 0.1) is 45.3 Å². The van der Waals surface area contributed by atoms with Crippen molar-refractivity contribution in [2.75, 3.05) is 26.4 Å². The number of rotatable bonds is 14. The Labute approximate surface area is 142 Å². The van der Waals surface area contributed by atoms with Gasteiger partial charge in [-0.15, -0.1) is 0 Å². The fraction of sp³-hybridized carbons (Fsp3) is 0.750. The lowest BCUT2D eigenvalue weighted by atomic mass is 10.2. The molecule has 0 aromatic rings. The average Bonchev–Trinajstić information content (AvgIpc) is 2.59. The Kier molecular flexibility index (Phi) is 13.1. The van der Waals surface area contributed by atoms with Crippen LogP contribution in [0.1, 0.15) is 39.0 Å². The lowest BCUT2D eigenvalue weighted by Gasteiger charge is -2.38. The second kappa shape index (κ2) is 14.4. The Morgan fingerprint density at radius 2 is 1.08 bits per heavy atom. The molecule has 0 aromatic carbocycles. The van der Waals surface area contributed by atoms with Gasteiger partial charge in [-0.25, -0.2) is 0 Å². The van der Waals surface area contributed by atoms with Crippen LogP contribution >= 0.6 is 0 Å². The molecule has 0 N–H and O–H groups in total. The largest absolute Gasteiger partial charge is 0.369 e. The first-order chi connectivity index (χ1) is 11.7. The topological polar surface area (TPSA) is 132 Å². The van der Waals surface area contributed by atoms with Gasteiger partial charge >= 0.3 is 5.97 Å². The van der Waals surface area contributed by atoms with Crippen molar-refractivity contribution in [3.63, 3.8) is 0 Å². The second-order valence-electron chi connectivity index (χ2n) is 4.55. The van der Waals surface area contributed by atoms with E-state index in [1.165, 1.54) is 0 Å². The van der Waals surface area contributed by atoms with Crippen molar-refractivity contribution in [1.82, 2.24) is 0 Å². The van der Waals surface area contributed by atoms with E-state index in [-0.39, 0.29) is 52.1 Å². The summed E-state index contributed by atoms with van der Waals surface area (Å²) in [6.45, 7) is 2.15. The van der Waals surface area contributed by atoms with Gasteiger partial charge in [-0.2, -0.15) is 21.0 Å². The summed E-state index contributed by atoms with van der Waals surface area (Å²) < 4.78 is 22.6. The molecule has 0 aliphatic rings. The lowest BCUT2D eigenvalue weighted by Crippen LogP contribution is -2.51. The van der Waals surface area contributed by atoms with Gasteiger partial charge < -0.3 is 18.9 Å². The minimum atomic E-state index is -1.62. The summed E-state index contributed by atoms with van der Waals surface area (Å²) in [5, 5.41) is 34.7. The van der Waals surface area contributed by atoms with Crippen molar-refractivity contribution in [2.45, 2.75) is 51.1 Å². The zero-order valence-corrected chi connectivity index (χ0v) is 13.9. The van der Waals surface area contributed by atoms with Crippen LogP contribution in [0.3, 0.4) is 0 Å². The van der Waals surface area contributed by atoms with Gasteiger partial charge in [0.1, 0.15) is 6.10 Å². The predicted molar refractivity (Wildman–Crippen MR) is 81.5 cm³/mol. The summed E-state index contributed by atoms with van der Waals surface area (Å²) in [6, 6.07) is 7.86. The van der Waals surface area contributed by atoms with Crippen LogP contribution < -0.4 is 0 Å². The van der Waals surface area contributed by atoms with Crippen LogP contribution in [0.5, 0.6) is 0 Å². The van der Waals surface area contributed by atoms with E-state index in [4.69, 9.17) is 40.0 Å². The molecule has 0 saturated heterocycles. The molecule has 8 nitrogen and oxygen atoms in total. The van der Waals surface area contributed by atoms with Crippen LogP contribution in [-0.4, -0.2) is 38.5 Å². The molecular formula is C16H22N4O4. The standard InChI is InChI=1S/C16H22N4O4/c1-2-15(21-11-3-7-17)16(22-12-4-8-18,23-13-5-9-19)24-14-6-10-20/h15H,2-6,11-14H2,1H3. The normalized spacial score (nSPS) is 11.7. The number of nitriles is 4. The summed E-state index contributed by atoms with van der Waals surface area (Å²) in [5.41, 5.74) is 0. The van der Waals surface area contributed by atoms with E-state index in [0.29, 0.717) is 6.42 Å². The highest BCUT2D eigenvalue weighted by Crippen LogP contribution is 2.27. The fourth-order valence-electron chi connectivity index (χ4n) is 1.84. The molecule has 1 unspecified atom stereocenters. The van der Waals surface area contributed by atoms with E-state index >= 15 is 0 Å². The average molecular weight is 334 g/mol. The predicted octanol–water partition coefficient (Wildman–Crippen LogP) is 2.14. The molecule has 0 spiro atoms. The van der Waals surface area contributed by atoms with Crippen molar-refractivity contribution in [2.24, 2.45) is 0 Å². The molecule has 0 amide bonds. The van der Waals surface area contributed by atoms with Crippen molar-refractivity contribution in [1.29, 1.82) is 21.0 Å². The molecule has 0 heterocycles. The van der Waals surface area contributed by atoms with E-state index in [0.717, 1.165) is 0 Å². The smallest absolute Gasteiger partial charge is 0.310 e. The summed E-state index contributed by atoms with van der Waals surface area (Å²) in [4.78, 5) is 0. The SMILES string of the molecule is CCC(OCCC#N)C(OCCC#N)(OCCC#N)OCCC#N. The van der Waals surface area contributed by atoms with E-state index in [9.17, 15) is 0 Å². The van der Waals surface area contributed by atoms with Crippen molar-refractivity contribution in [3.05, 3.63) is 0 Å². The first-order valence-electron chi connectivity index (χ1n) is 7.72. The number of nitrogens with zero attached hydrogens (tertiary/aromatic N) is 4. The minimum Gasteiger partial charge on any atom is -0.369 e. The molecule has 0 aliphatic heterocycles. The molecular weight excluding hydrogens is 312 g/mol. The molecule has 0 saturated carbocycles. The number of hydrogen-bond acceptors (Lipinski definition) is 8. The lowest BCUT2D eigenvalue weighted by molar-refractivity contribution is -0.416. The second-order valence-corrected chi connectivity index (χ2v) is 4.55. The maximum Gasteiger partial charge on any atom is 0.310 e. The Hall–Kier alpha value is -2.20. The van der Waals surface area contributed by atoms with Gasteiger partial charge in [0.15, 0.2) is 0 Å². The number of ether oxygens (including phenoxy) is 4.